The van der Waals surface area contributed by atoms with Gasteiger partial charge >= 0.3 is 0 Å². The Kier molecular flexibility index (Phi) is 5.89. The smallest absolute Gasteiger partial charge is 0.270 e. The van der Waals surface area contributed by atoms with Crippen LogP contribution < -0.4 is 5.32 Å². The number of fused-ring (bicyclic) bond motifs is 1. The molecule has 0 radical (unpaired) electrons. The minimum absolute atomic E-state index is 0.0121. The van der Waals surface area contributed by atoms with Crippen LogP contribution >= 0.6 is 0 Å². The molecule has 5 rings (SSSR count). The predicted molar refractivity (Wildman–Crippen MR) is 127 cm³/mol. The van der Waals surface area contributed by atoms with Crippen molar-refractivity contribution in [3.8, 4) is 0 Å². The maximum Gasteiger partial charge on any atom is 0.270 e. The first-order valence-electron chi connectivity index (χ1n) is 11.7. The first kappa shape index (κ1) is 21.6. The number of aromatic nitrogens is 1. The summed E-state index contributed by atoms with van der Waals surface area (Å²) in [5.41, 5.74) is 3.01. The molecule has 6 nitrogen and oxygen atoms in total. The molecule has 172 valence electrons. The molecule has 2 fully saturated rings. The highest BCUT2D eigenvalue weighted by Gasteiger charge is 2.30. The standard InChI is InChI=1S/C26H29FN4O2/c1-2-29-10-12-30(13-11-29)26(33)24-16-20-15-22(28-25(32)19-6-7-19)8-9-23(20)31(24)17-18-4-3-5-21(27)14-18/h3-5,8-9,14-16,19H,2,6-7,10-13,17H2,1H3,(H,28,32). The van der Waals surface area contributed by atoms with Gasteiger partial charge in [0, 0.05) is 55.2 Å². The average Bonchev–Trinajstić information content (AvgIpc) is 3.62. The molecule has 0 bridgehead atoms. The first-order chi connectivity index (χ1) is 16.0. The van der Waals surface area contributed by atoms with Crippen LogP contribution in [0.3, 0.4) is 0 Å². The zero-order valence-corrected chi connectivity index (χ0v) is 18.9. The third kappa shape index (κ3) is 4.64. The number of rotatable bonds is 6. The average molecular weight is 449 g/mol. The summed E-state index contributed by atoms with van der Waals surface area (Å²) in [7, 11) is 0. The lowest BCUT2D eigenvalue weighted by atomic mass is 10.2. The van der Waals surface area contributed by atoms with Gasteiger partial charge in [-0.05, 0) is 61.3 Å². The number of likely N-dealkylation sites (N-methyl/N-ethyl adjacent to an activating group) is 1. The van der Waals surface area contributed by atoms with E-state index < -0.39 is 0 Å². The van der Waals surface area contributed by atoms with Crippen molar-refractivity contribution in [1.29, 1.82) is 0 Å². The van der Waals surface area contributed by atoms with Crippen LogP contribution in [0, 0.1) is 11.7 Å². The minimum atomic E-state index is -0.294. The maximum absolute atomic E-state index is 13.8. The summed E-state index contributed by atoms with van der Waals surface area (Å²) < 4.78 is 15.8. The van der Waals surface area contributed by atoms with Crippen molar-refractivity contribution in [1.82, 2.24) is 14.4 Å². The number of piperazine rings is 1. The molecular weight excluding hydrogens is 419 g/mol. The number of carbonyl (C=O) groups is 2. The van der Waals surface area contributed by atoms with Crippen LogP contribution in [0.15, 0.2) is 48.5 Å². The second kappa shape index (κ2) is 8.98. The van der Waals surface area contributed by atoms with Crippen LogP contribution in [0.4, 0.5) is 10.1 Å². The predicted octanol–water partition coefficient (Wildman–Crippen LogP) is 3.95. The molecule has 0 spiro atoms. The summed E-state index contributed by atoms with van der Waals surface area (Å²) in [4.78, 5) is 30.0. The molecule has 2 amide bonds. The van der Waals surface area contributed by atoms with E-state index in [9.17, 15) is 14.0 Å². The molecule has 1 N–H and O–H groups in total. The van der Waals surface area contributed by atoms with Gasteiger partial charge in [-0.2, -0.15) is 0 Å². The van der Waals surface area contributed by atoms with Gasteiger partial charge in [0.2, 0.25) is 5.91 Å². The van der Waals surface area contributed by atoms with Crippen LogP contribution in [0.25, 0.3) is 10.9 Å². The highest BCUT2D eigenvalue weighted by Crippen LogP contribution is 2.31. The van der Waals surface area contributed by atoms with Gasteiger partial charge < -0.3 is 19.7 Å². The number of nitrogens with one attached hydrogen (secondary N) is 1. The molecule has 2 heterocycles. The van der Waals surface area contributed by atoms with Gasteiger partial charge in [0.1, 0.15) is 11.5 Å². The van der Waals surface area contributed by atoms with E-state index in [4.69, 9.17) is 0 Å². The van der Waals surface area contributed by atoms with E-state index in [-0.39, 0.29) is 23.5 Å². The van der Waals surface area contributed by atoms with Gasteiger partial charge in [0.25, 0.3) is 5.91 Å². The number of carbonyl (C=O) groups excluding carboxylic acids is 2. The fraction of sp³-hybridized carbons (Fsp3) is 0.385. The van der Waals surface area contributed by atoms with Crippen molar-refractivity contribution in [3.63, 3.8) is 0 Å². The summed E-state index contributed by atoms with van der Waals surface area (Å²) in [6, 6.07) is 14.1. The molecule has 1 saturated heterocycles. The summed E-state index contributed by atoms with van der Waals surface area (Å²) in [5.74, 6) is -0.129. The second-order valence-corrected chi connectivity index (χ2v) is 9.01. The lowest BCUT2D eigenvalue weighted by Gasteiger charge is -2.34. The number of benzene rings is 2. The Bertz CT molecular complexity index is 1190. The number of hydrogen-bond acceptors (Lipinski definition) is 3. The molecule has 2 aliphatic rings. The van der Waals surface area contributed by atoms with E-state index in [1.165, 1.54) is 12.1 Å². The quantitative estimate of drug-likeness (QED) is 0.621. The van der Waals surface area contributed by atoms with Crippen LogP contribution in [0.1, 0.15) is 35.8 Å². The summed E-state index contributed by atoms with van der Waals surface area (Å²) >= 11 is 0. The fourth-order valence-electron chi connectivity index (χ4n) is 4.53. The Morgan fingerprint density at radius 3 is 2.52 bits per heavy atom. The van der Waals surface area contributed by atoms with E-state index in [1.807, 2.05) is 39.8 Å². The van der Waals surface area contributed by atoms with Gasteiger partial charge in [-0.1, -0.05) is 19.1 Å². The van der Waals surface area contributed by atoms with Crippen LogP contribution in [-0.4, -0.2) is 58.9 Å². The molecule has 0 unspecified atom stereocenters. The Labute approximate surface area is 193 Å². The molecule has 2 aromatic carbocycles. The largest absolute Gasteiger partial charge is 0.335 e. The number of hydrogen-bond donors (Lipinski definition) is 1. The zero-order chi connectivity index (χ0) is 22.9. The van der Waals surface area contributed by atoms with Crippen molar-refractivity contribution in [3.05, 3.63) is 65.6 Å². The van der Waals surface area contributed by atoms with Gasteiger partial charge in [0.05, 0.1) is 0 Å². The maximum atomic E-state index is 13.8. The normalized spacial score (nSPS) is 16.8. The van der Waals surface area contributed by atoms with Crippen molar-refractivity contribution in [2.24, 2.45) is 5.92 Å². The first-order valence-corrected chi connectivity index (χ1v) is 11.7. The third-order valence-corrected chi connectivity index (χ3v) is 6.67. The van der Waals surface area contributed by atoms with Crippen molar-refractivity contribution in [2.45, 2.75) is 26.3 Å². The Morgan fingerprint density at radius 2 is 1.82 bits per heavy atom. The summed E-state index contributed by atoms with van der Waals surface area (Å²) in [6.45, 7) is 6.62. The minimum Gasteiger partial charge on any atom is -0.335 e. The molecule has 1 aliphatic carbocycles. The highest BCUT2D eigenvalue weighted by atomic mass is 19.1. The van der Waals surface area contributed by atoms with Gasteiger partial charge in [-0.25, -0.2) is 4.39 Å². The van der Waals surface area contributed by atoms with Crippen molar-refractivity contribution in [2.75, 3.05) is 38.0 Å². The van der Waals surface area contributed by atoms with Crippen molar-refractivity contribution >= 4 is 28.4 Å². The molecule has 1 saturated carbocycles. The van der Waals surface area contributed by atoms with E-state index in [1.54, 1.807) is 6.07 Å². The monoisotopic (exact) mass is 448 g/mol. The van der Waals surface area contributed by atoms with E-state index in [0.717, 1.165) is 54.6 Å². The van der Waals surface area contributed by atoms with Crippen LogP contribution in [0.2, 0.25) is 0 Å². The van der Waals surface area contributed by atoms with Crippen LogP contribution in [0.5, 0.6) is 0 Å². The van der Waals surface area contributed by atoms with E-state index in [2.05, 4.69) is 17.1 Å². The SMILES string of the molecule is CCN1CCN(C(=O)c2cc3cc(NC(=O)C4CC4)ccc3n2Cc2cccc(F)c2)CC1. The molecular formula is C26H29FN4O2. The number of halogens is 1. The Hall–Kier alpha value is -3.19. The summed E-state index contributed by atoms with van der Waals surface area (Å²) in [5, 5.41) is 3.87. The molecule has 3 aromatic rings. The molecule has 1 aromatic heterocycles. The Morgan fingerprint density at radius 1 is 1.03 bits per heavy atom. The molecule has 1 aliphatic heterocycles. The van der Waals surface area contributed by atoms with Gasteiger partial charge in [-0.3, -0.25) is 9.59 Å². The summed E-state index contributed by atoms with van der Waals surface area (Å²) in [6.07, 6.45) is 1.89. The topological polar surface area (TPSA) is 57.6 Å². The Balaban J connectivity index is 1.49. The number of nitrogens with zero attached hydrogens (tertiary/aromatic N) is 3. The molecule has 0 atom stereocenters. The highest BCUT2D eigenvalue weighted by molar-refractivity contribution is 6.01. The van der Waals surface area contributed by atoms with E-state index in [0.29, 0.717) is 25.3 Å². The fourth-order valence-corrected chi connectivity index (χ4v) is 4.53. The third-order valence-electron chi connectivity index (χ3n) is 6.67. The second-order valence-electron chi connectivity index (χ2n) is 9.01. The van der Waals surface area contributed by atoms with Gasteiger partial charge in [0.15, 0.2) is 0 Å². The molecule has 7 heteroatoms. The van der Waals surface area contributed by atoms with Crippen molar-refractivity contribution < 1.29 is 14.0 Å². The van der Waals surface area contributed by atoms with Crippen LogP contribution in [-0.2, 0) is 11.3 Å². The molecule has 33 heavy (non-hydrogen) atoms. The lowest BCUT2D eigenvalue weighted by molar-refractivity contribution is -0.117. The lowest BCUT2D eigenvalue weighted by Crippen LogP contribution is -2.48. The zero-order valence-electron chi connectivity index (χ0n) is 18.9. The number of amides is 2. The van der Waals surface area contributed by atoms with E-state index >= 15 is 0 Å². The van der Waals surface area contributed by atoms with Gasteiger partial charge in [-0.15, -0.1) is 0 Å². The number of anilines is 1.